The molecule has 1 saturated heterocycles. The van der Waals surface area contributed by atoms with E-state index in [-0.39, 0.29) is 36.7 Å². The van der Waals surface area contributed by atoms with Gasteiger partial charge in [0.2, 0.25) is 0 Å². The van der Waals surface area contributed by atoms with Crippen molar-refractivity contribution >= 4 is 0 Å². The largest absolute Gasteiger partial charge is 0.394 e. The minimum Gasteiger partial charge on any atom is -0.394 e. The summed E-state index contributed by atoms with van der Waals surface area (Å²) in [5, 5.41) is 97.7. The van der Waals surface area contributed by atoms with E-state index >= 15 is 0 Å². The number of rotatable bonds is 9. The Labute approximate surface area is 261 Å². The molecule has 5 aliphatic rings. The highest BCUT2D eigenvalue weighted by Gasteiger charge is 2.71. The van der Waals surface area contributed by atoms with E-state index in [1.54, 1.807) is 0 Å². The van der Waals surface area contributed by atoms with Crippen molar-refractivity contribution in [1.29, 1.82) is 0 Å². The average molecular weight is 631 g/mol. The second-order valence-corrected chi connectivity index (χ2v) is 16.1. The summed E-state index contributed by atoms with van der Waals surface area (Å²) in [6.07, 6.45) is -4.48. The van der Waals surface area contributed by atoms with E-state index in [0.717, 1.165) is 6.42 Å². The van der Waals surface area contributed by atoms with Crippen LogP contribution in [0.2, 0.25) is 0 Å². The van der Waals surface area contributed by atoms with Crippen molar-refractivity contribution in [2.45, 2.75) is 146 Å². The zero-order valence-corrected chi connectivity index (χ0v) is 27.0. The van der Waals surface area contributed by atoms with E-state index < -0.39 is 89.5 Å². The van der Waals surface area contributed by atoms with Gasteiger partial charge in [-0.15, -0.1) is 0 Å². The first-order valence-corrected chi connectivity index (χ1v) is 16.9. The quantitative estimate of drug-likeness (QED) is 0.170. The van der Waals surface area contributed by atoms with Gasteiger partial charge in [-0.1, -0.05) is 34.6 Å². The lowest BCUT2D eigenvalue weighted by molar-refractivity contribution is -0.280. The zero-order valence-electron chi connectivity index (χ0n) is 27.0. The first-order chi connectivity index (χ1) is 20.5. The lowest BCUT2D eigenvalue weighted by Gasteiger charge is -2.66. The molecule has 0 bridgehead atoms. The van der Waals surface area contributed by atoms with Gasteiger partial charge in [-0.25, -0.2) is 0 Å². The fourth-order valence-corrected chi connectivity index (χ4v) is 11.2. The van der Waals surface area contributed by atoms with Gasteiger partial charge < -0.3 is 55.4 Å². The number of fused-ring (bicyclic) bond motifs is 5. The van der Waals surface area contributed by atoms with Gasteiger partial charge in [-0.05, 0) is 79.4 Å². The van der Waals surface area contributed by atoms with Gasteiger partial charge in [0.05, 0.1) is 48.8 Å². The average Bonchev–Trinajstić information content (AvgIpc) is 3.39. The van der Waals surface area contributed by atoms with Crippen molar-refractivity contribution in [3.63, 3.8) is 0 Å². The number of aliphatic hydroxyl groups is 9. The Kier molecular flexibility index (Phi) is 9.69. The molecule has 17 atom stereocenters. The number of ether oxygens (including phenoxy) is 2. The van der Waals surface area contributed by atoms with Gasteiger partial charge in [0.15, 0.2) is 6.29 Å². The monoisotopic (exact) mass is 630 g/mol. The predicted molar refractivity (Wildman–Crippen MR) is 159 cm³/mol. The topological polar surface area (TPSA) is 201 Å². The molecule has 0 radical (unpaired) electrons. The van der Waals surface area contributed by atoms with Crippen LogP contribution in [-0.4, -0.2) is 119 Å². The molecule has 1 heterocycles. The first kappa shape index (κ1) is 34.9. The van der Waals surface area contributed by atoms with Crippen molar-refractivity contribution in [2.75, 3.05) is 13.2 Å². The summed E-state index contributed by atoms with van der Waals surface area (Å²) in [6, 6.07) is 0. The molecule has 11 heteroatoms. The van der Waals surface area contributed by atoms with Crippen LogP contribution in [-0.2, 0) is 9.47 Å². The summed E-state index contributed by atoms with van der Waals surface area (Å²) in [4.78, 5) is 0. The maximum atomic E-state index is 12.5. The van der Waals surface area contributed by atoms with Crippen LogP contribution < -0.4 is 0 Å². The van der Waals surface area contributed by atoms with Crippen LogP contribution in [0.1, 0.15) is 86.0 Å². The van der Waals surface area contributed by atoms with E-state index in [4.69, 9.17) is 9.47 Å². The molecule has 11 nitrogen and oxygen atoms in total. The highest BCUT2D eigenvalue weighted by Crippen LogP contribution is 2.70. The Morgan fingerprint density at radius 1 is 0.864 bits per heavy atom. The molecule has 0 aromatic rings. The van der Waals surface area contributed by atoms with E-state index in [9.17, 15) is 46.0 Å². The molecule has 3 unspecified atom stereocenters. The molecule has 5 fully saturated rings. The molecular formula is C33H58O11. The molecule has 44 heavy (non-hydrogen) atoms. The third-order valence-electron chi connectivity index (χ3n) is 13.7. The second kappa shape index (κ2) is 12.2. The van der Waals surface area contributed by atoms with Crippen molar-refractivity contribution in [2.24, 2.45) is 46.3 Å². The van der Waals surface area contributed by atoms with Crippen LogP contribution in [0.25, 0.3) is 0 Å². The highest BCUT2D eigenvalue weighted by atomic mass is 16.7. The van der Waals surface area contributed by atoms with Crippen LogP contribution in [0.5, 0.6) is 0 Å². The van der Waals surface area contributed by atoms with Crippen molar-refractivity contribution in [3.05, 3.63) is 0 Å². The van der Waals surface area contributed by atoms with E-state index in [1.165, 1.54) is 0 Å². The Morgan fingerprint density at radius 2 is 1.52 bits per heavy atom. The summed E-state index contributed by atoms with van der Waals surface area (Å²) in [5.74, 6) is -1.27. The van der Waals surface area contributed by atoms with Gasteiger partial charge in [0, 0.05) is 18.3 Å². The van der Waals surface area contributed by atoms with Crippen LogP contribution >= 0.6 is 0 Å². The fraction of sp³-hybridized carbons (Fsp3) is 1.00. The predicted octanol–water partition coefficient (Wildman–Crippen LogP) is 0.293. The summed E-state index contributed by atoms with van der Waals surface area (Å²) in [7, 11) is 0. The lowest BCUT2D eigenvalue weighted by Crippen LogP contribution is -2.70. The summed E-state index contributed by atoms with van der Waals surface area (Å²) in [5.41, 5.74) is -3.38. The van der Waals surface area contributed by atoms with Crippen molar-refractivity contribution in [3.8, 4) is 0 Å². The van der Waals surface area contributed by atoms with Gasteiger partial charge >= 0.3 is 0 Å². The molecule has 0 aromatic heterocycles. The summed E-state index contributed by atoms with van der Waals surface area (Å²) >= 11 is 0. The number of aliphatic hydroxyl groups excluding tert-OH is 8. The van der Waals surface area contributed by atoms with E-state index in [0.29, 0.717) is 38.5 Å². The highest BCUT2D eigenvalue weighted by molar-refractivity contribution is 5.21. The summed E-state index contributed by atoms with van der Waals surface area (Å²) in [6.45, 7) is 9.33. The van der Waals surface area contributed by atoms with Crippen LogP contribution in [0.4, 0.5) is 0 Å². The Bertz CT molecular complexity index is 1010. The molecule has 4 aliphatic carbocycles. The Balaban J connectivity index is 1.34. The smallest absolute Gasteiger partial charge is 0.187 e. The summed E-state index contributed by atoms with van der Waals surface area (Å²) < 4.78 is 11.8. The van der Waals surface area contributed by atoms with E-state index in [2.05, 4.69) is 13.8 Å². The number of hydrogen-bond acceptors (Lipinski definition) is 11. The second-order valence-electron chi connectivity index (χ2n) is 16.1. The van der Waals surface area contributed by atoms with Crippen LogP contribution in [0, 0.1) is 46.3 Å². The molecule has 1 aliphatic heterocycles. The third kappa shape index (κ3) is 5.21. The van der Waals surface area contributed by atoms with Gasteiger partial charge in [-0.3, -0.25) is 0 Å². The molecule has 0 amide bonds. The molecule has 5 rings (SSSR count). The van der Waals surface area contributed by atoms with Crippen LogP contribution in [0.3, 0.4) is 0 Å². The lowest BCUT2D eigenvalue weighted by atomic mass is 9.41. The maximum Gasteiger partial charge on any atom is 0.187 e. The Hall–Kier alpha value is -0.440. The fourth-order valence-electron chi connectivity index (χ4n) is 11.2. The minimum atomic E-state index is -1.37. The standard InChI is InChI=1S/C33H58O11/c1-16(2)32(15-35,44-29-27(41)26(40)22(14-34)43-29)11-6-17(3)18-12-20(37)28-30(18,4)10-8-23-31(5)9-7-19(36)25(39)24(31)21(38)13-33(23,28)42/h16-29,34-42H,6-15H2,1-5H3/t17-,18-,19+,20-,21+,22-,23?,24?,25+,26-,27+,28?,29-,30-,31-,32+,33+/m1/s1. The van der Waals surface area contributed by atoms with E-state index in [1.807, 2.05) is 20.8 Å². The van der Waals surface area contributed by atoms with Crippen LogP contribution in [0.15, 0.2) is 0 Å². The maximum absolute atomic E-state index is 12.5. The molecule has 9 N–H and O–H groups in total. The van der Waals surface area contributed by atoms with Crippen molar-refractivity contribution in [1.82, 2.24) is 0 Å². The first-order valence-electron chi connectivity index (χ1n) is 16.9. The molecule has 0 spiro atoms. The molecule has 4 saturated carbocycles. The zero-order chi connectivity index (χ0) is 32.6. The molecular weight excluding hydrogens is 572 g/mol. The van der Waals surface area contributed by atoms with Gasteiger partial charge in [-0.2, -0.15) is 0 Å². The minimum absolute atomic E-state index is 0.0476. The van der Waals surface area contributed by atoms with Crippen molar-refractivity contribution < 1.29 is 55.4 Å². The van der Waals surface area contributed by atoms with Gasteiger partial charge in [0.25, 0.3) is 0 Å². The Morgan fingerprint density at radius 3 is 2.11 bits per heavy atom. The third-order valence-corrected chi connectivity index (χ3v) is 13.7. The molecule has 0 aromatic carbocycles. The van der Waals surface area contributed by atoms with Gasteiger partial charge in [0.1, 0.15) is 18.3 Å². The number of hydrogen-bond donors (Lipinski definition) is 9. The molecule has 256 valence electrons. The SMILES string of the molecule is CC(C)[C@@](CO)(CC[C@@H](C)[C@H]1C[C@@H](O)C2[C@]3(O)C[C@H](O)C4[C@@H](O)[C@@H](O)CC[C@]4(C)C3CC[C@@]21C)O[C@H]1O[C@H](CO)[C@@H](O)[C@@H]1O. The normalized spacial score (nSPS) is 52.7.